The summed E-state index contributed by atoms with van der Waals surface area (Å²) in [6.45, 7) is 5.34. The van der Waals surface area contributed by atoms with Crippen molar-refractivity contribution in [3.8, 4) is 0 Å². The van der Waals surface area contributed by atoms with Crippen molar-refractivity contribution in [3.63, 3.8) is 0 Å². The molecule has 0 spiro atoms. The highest BCUT2D eigenvalue weighted by Gasteiger charge is 2.24. The molecule has 5 heteroatoms. The number of likely N-dealkylation sites (tertiary alicyclic amines) is 1. The van der Waals surface area contributed by atoms with E-state index in [-0.39, 0.29) is 24.4 Å². The summed E-state index contributed by atoms with van der Waals surface area (Å²) in [5.41, 5.74) is 5.76. The minimum atomic E-state index is -0.101. The van der Waals surface area contributed by atoms with Gasteiger partial charge in [-0.3, -0.25) is 9.59 Å². The Hall–Kier alpha value is -1.10. The molecule has 1 rings (SSSR count). The van der Waals surface area contributed by atoms with Crippen LogP contribution in [0.1, 0.15) is 26.7 Å². The molecular weight excluding hydrogens is 206 g/mol. The van der Waals surface area contributed by atoms with E-state index in [0.29, 0.717) is 25.4 Å². The monoisotopic (exact) mass is 227 g/mol. The first-order chi connectivity index (χ1) is 7.49. The van der Waals surface area contributed by atoms with Crippen LogP contribution in [0.3, 0.4) is 0 Å². The van der Waals surface area contributed by atoms with Crippen LogP contribution < -0.4 is 11.1 Å². The number of nitrogens with two attached hydrogens (primary N) is 1. The maximum atomic E-state index is 11.5. The van der Waals surface area contributed by atoms with Crippen molar-refractivity contribution in [1.82, 2.24) is 10.2 Å². The minimum absolute atomic E-state index is 0.00981. The Morgan fingerprint density at radius 1 is 1.62 bits per heavy atom. The molecule has 0 aromatic carbocycles. The van der Waals surface area contributed by atoms with Crippen molar-refractivity contribution < 1.29 is 9.59 Å². The molecular formula is C11H21N3O2. The van der Waals surface area contributed by atoms with Gasteiger partial charge in [0.05, 0.1) is 6.54 Å². The number of hydrogen-bond donors (Lipinski definition) is 2. The van der Waals surface area contributed by atoms with Gasteiger partial charge < -0.3 is 16.0 Å². The van der Waals surface area contributed by atoms with Crippen molar-refractivity contribution in [1.29, 1.82) is 0 Å². The van der Waals surface area contributed by atoms with Gasteiger partial charge in [0, 0.05) is 25.6 Å². The van der Waals surface area contributed by atoms with Crippen LogP contribution in [0.15, 0.2) is 0 Å². The summed E-state index contributed by atoms with van der Waals surface area (Å²) < 4.78 is 0. The zero-order valence-corrected chi connectivity index (χ0v) is 10.0. The lowest BCUT2D eigenvalue weighted by atomic mass is 10.1. The zero-order chi connectivity index (χ0) is 12.1. The number of carbonyl (C=O) groups excluding carboxylic acids is 2. The average molecular weight is 227 g/mol. The predicted octanol–water partition coefficient (Wildman–Crippen LogP) is -0.292. The van der Waals surface area contributed by atoms with Gasteiger partial charge in [0.25, 0.3) is 0 Å². The summed E-state index contributed by atoms with van der Waals surface area (Å²) in [5, 5.41) is 2.79. The first-order valence-electron chi connectivity index (χ1n) is 5.79. The molecule has 0 aromatic heterocycles. The number of amides is 2. The highest BCUT2D eigenvalue weighted by atomic mass is 16.2. The van der Waals surface area contributed by atoms with Crippen molar-refractivity contribution in [2.75, 3.05) is 19.6 Å². The van der Waals surface area contributed by atoms with Crippen LogP contribution in [0.25, 0.3) is 0 Å². The van der Waals surface area contributed by atoms with Gasteiger partial charge in [-0.15, -0.1) is 0 Å². The molecule has 0 saturated carbocycles. The maximum absolute atomic E-state index is 11.5. The van der Waals surface area contributed by atoms with Crippen LogP contribution >= 0.6 is 0 Å². The third-order valence-electron chi connectivity index (χ3n) is 2.58. The number of carbonyl (C=O) groups is 2. The maximum Gasteiger partial charge on any atom is 0.239 e. The molecule has 1 heterocycles. The van der Waals surface area contributed by atoms with Crippen molar-refractivity contribution in [2.24, 2.45) is 11.7 Å². The van der Waals surface area contributed by atoms with E-state index in [4.69, 9.17) is 5.73 Å². The Balaban J connectivity index is 2.34. The fourth-order valence-corrected chi connectivity index (χ4v) is 1.64. The Labute approximate surface area is 96.4 Å². The van der Waals surface area contributed by atoms with Crippen LogP contribution in [0, 0.1) is 5.92 Å². The Morgan fingerprint density at radius 3 is 2.94 bits per heavy atom. The van der Waals surface area contributed by atoms with Gasteiger partial charge >= 0.3 is 0 Å². The molecule has 92 valence electrons. The Morgan fingerprint density at radius 2 is 2.31 bits per heavy atom. The van der Waals surface area contributed by atoms with Crippen LogP contribution in [-0.4, -0.2) is 42.4 Å². The normalized spacial score (nSPS) is 21.4. The largest absolute Gasteiger partial charge is 0.354 e. The fraction of sp³-hybridized carbons (Fsp3) is 0.818. The second kappa shape index (κ2) is 5.84. The molecule has 0 radical (unpaired) electrons. The number of nitrogens with zero attached hydrogens (tertiary/aromatic N) is 1. The van der Waals surface area contributed by atoms with Gasteiger partial charge in [0.1, 0.15) is 0 Å². The lowest BCUT2D eigenvalue weighted by molar-refractivity contribution is -0.138. The molecule has 1 atom stereocenters. The minimum Gasteiger partial charge on any atom is -0.354 e. The number of nitrogens with one attached hydrogen (secondary N) is 1. The smallest absolute Gasteiger partial charge is 0.239 e. The Kier molecular flexibility index (Phi) is 4.73. The van der Waals surface area contributed by atoms with Crippen LogP contribution in [-0.2, 0) is 9.59 Å². The summed E-state index contributed by atoms with van der Waals surface area (Å²) >= 11 is 0. The van der Waals surface area contributed by atoms with Crippen LogP contribution in [0.5, 0.6) is 0 Å². The number of rotatable bonds is 4. The summed E-state index contributed by atoms with van der Waals surface area (Å²) in [6.07, 6.45) is 1.18. The molecule has 1 saturated heterocycles. The highest BCUT2D eigenvalue weighted by Crippen LogP contribution is 2.09. The SMILES string of the molecule is CC(C)CNC(=O)CN1CC(N)CCC1=O. The lowest BCUT2D eigenvalue weighted by Crippen LogP contribution is -2.50. The molecule has 1 unspecified atom stereocenters. The van der Waals surface area contributed by atoms with Crippen LogP contribution in [0.4, 0.5) is 0 Å². The third-order valence-corrected chi connectivity index (χ3v) is 2.58. The number of hydrogen-bond acceptors (Lipinski definition) is 3. The molecule has 2 amide bonds. The van der Waals surface area contributed by atoms with Crippen LogP contribution in [0.2, 0.25) is 0 Å². The van der Waals surface area contributed by atoms with E-state index < -0.39 is 0 Å². The molecule has 0 aromatic rings. The second-order valence-electron chi connectivity index (χ2n) is 4.77. The molecule has 0 bridgehead atoms. The van der Waals surface area contributed by atoms with E-state index in [1.807, 2.05) is 13.8 Å². The fourth-order valence-electron chi connectivity index (χ4n) is 1.64. The van der Waals surface area contributed by atoms with E-state index in [0.717, 1.165) is 6.42 Å². The van der Waals surface area contributed by atoms with E-state index in [1.54, 1.807) is 4.90 Å². The lowest BCUT2D eigenvalue weighted by Gasteiger charge is -2.30. The van der Waals surface area contributed by atoms with E-state index in [9.17, 15) is 9.59 Å². The molecule has 1 aliphatic rings. The molecule has 1 fully saturated rings. The van der Waals surface area contributed by atoms with E-state index >= 15 is 0 Å². The molecule has 3 N–H and O–H groups in total. The van der Waals surface area contributed by atoms with Gasteiger partial charge in [0.2, 0.25) is 11.8 Å². The highest BCUT2D eigenvalue weighted by molar-refractivity contribution is 5.85. The zero-order valence-electron chi connectivity index (χ0n) is 10.0. The molecule has 1 aliphatic heterocycles. The first kappa shape index (κ1) is 13.0. The molecule has 0 aliphatic carbocycles. The van der Waals surface area contributed by atoms with Crippen molar-refractivity contribution >= 4 is 11.8 Å². The average Bonchev–Trinajstić information content (AvgIpc) is 2.20. The Bertz CT molecular complexity index is 266. The second-order valence-corrected chi connectivity index (χ2v) is 4.77. The van der Waals surface area contributed by atoms with Crippen molar-refractivity contribution in [3.05, 3.63) is 0 Å². The third kappa shape index (κ3) is 4.18. The summed E-state index contributed by atoms with van der Waals surface area (Å²) in [4.78, 5) is 24.6. The van der Waals surface area contributed by atoms with Crippen molar-refractivity contribution in [2.45, 2.75) is 32.7 Å². The number of piperidine rings is 1. The van der Waals surface area contributed by atoms with Gasteiger partial charge in [-0.05, 0) is 12.3 Å². The van der Waals surface area contributed by atoms with Gasteiger partial charge in [-0.2, -0.15) is 0 Å². The van der Waals surface area contributed by atoms with E-state index in [2.05, 4.69) is 5.32 Å². The quantitative estimate of drug-likeness (QED) is 0.693. The predicted molar refractivity (Wildman–Crippen MR) is 61.6 cm³/mol. The molecule has 16 heavy (non-hydrogen) atoms. The van der Waals surface area contributed by atoms with Gasteiger partial charge in [-0.25, -0.2) is 0 Å². The summed E-state index contributed by atoms with van der Waals surface area (Å²) in [6, 6.07) is 0.00981. The van der Waals surface area contributed by atoms with E-state index in [1.165, 1.54) is 0 Å². The topological polar surface area (TPSA) is 75.4 Å². The standard InChI is InChI=1S/C11H21N3O2/c1-8(2)5-13-10(15)7-14-6-9(12)3-4-11(14)16/h8-9H,3-7,12H2,1-2H3,(H,13,15). The summed E-state index contributed by atoms with van der Waals surface area (Å²) in [7, 11) is 0. The van der Waals surface area contributed by atoms with Gasteiger partial charge in [-0.1, -0.05) is 13.8 Å². The summed E-state index contributed by atoms with van der Waals surface area (Å²) in [5.74, 6) is 0.348. The molecule has 5 nitrogen and oxygen atoms in total. The first-order valence-corrected chi connectivity index (χ1v) is 5.79. The van der Waals surface area contributed by atoms with Gasteiger partial charge in [0.15, 0.2) is 0 Å².